The fraction of sp³-hybridized carbons (Fsp3) is 0.667. The van der Waals surface area contributed by atoms with E-state index in [9.17, 15) is 4.79 Å². The third-order valence-corrected chi connectivity index (χ3v) is 4.83. The summed E-state index contributed by atoms with van der Waals surface area (Å²) in [5.41, 5.74) is 0. The lowest BCUT2D eigenvalue weighted by atomic mass is 9.97. The molecule has 7 heteroatoms. The third kappa shape index (κ3) is 3.81. The van der Waals surface area contributed by atoms with Gasteiger partial charge in [-0.05, 0) is 18.8 Å². The second-order valence-corrected chi connectivity index (χ2v) is 6.16. The lowest BCUT2D eigenvalue weighted by Gasteiger charge is -2.31. The van der Waals surface area contributed by atoms with Gasteiger partial charge in [-0.25, -0.2) is 4.98 Å². The van der Waals surface area contributed by atoms with Gasteiger partial charge in [0, 0.05) is 26.6 Å². The Balaban J connectivity index is 1.87. The number of carbonyl (C=O) groups excluding carboxylic acids is 1. The number of nitrogens with one attached hydrogen (secondary N) is 1. The van der Waals surface area contributed by atoms with Gasteiger partial charge in [0.2, 0.25) is 5.91 Å². The molecule has 1 saturated heterocycles. The van der Waals surface area contributed by atoms with Crippen LogP contribution in [0.1, 0.15) is 24.6 Å². The van der Waals surface area contributed by atoms with Crippen LogP contribution in [0.25, 0.3) is 0 Å². The Morgan fingerprint density at radius 2 is 2.26 bits per heavy atom. The molecular formula is C12H18ClN3O2S. The Morgan fingerprint density at radius 1 is 1.58 bits per heavy atom. The molecule has 1 aromatic heterocycles. The zero-order chi connectivity index (χ0) is 13.8. The number of thiazole rings is 1. The van der Waals surface area contributed by atoms with Crippen molar-refractivity contribution in [3.05, 3.63) is 10.0 Å². The van der Waals surface area contributed by atoms with Crippen molar-refractivity contribution in [3.8, 4) is 0 Å². The summed E-state index contributed by atoms with van der Waals surface area (Å²) < 4.78 is 0. The van der Waals surface area contributed by atoms with Crippen LogP contribution in [-0.2, 0) is 11.4 Å². The number of anilines is 1. The molecule has 1 fully saturated rings. The van der Waals surface area contributed by atoms with E-state index >= 15 is 0 Å². The average Bonchev–Trinajstić information content (AvgIpc) is 2.78. The highest BCUT2D eigenvalue weighted by Crippen LogP contribution is 2.31. The standard InChI is InChI=1S/C12H18ClN3O2S/c1-8(18)14-6-9-2-4-16(5-3-9)12-15-11(13)10(7-17)19-12/h9,17H,2-7H2,1H3,(H,14,18). The minimum absolute atomic E-state index is 0.0294. The summed E-state index contributed by atoms with van der Waals surface area (Å²) >= 11 is 7.39. The molecule has 0 aromatic carbocycles. The molecule has 0 aliphatic carbocycles. The highest BCUT2D eigenvalue weighted by molar-refractivity contribution is 7.16. The number of hydrogen-bond donors (Lipinski definition) is 2. The van der Waals surface area contributed by atoms with Gasteiger partial charge in [0.15, 0.2) is 5.13 Å². The molecular weight excluding hydrogens is 286 g/mol. The predicted octanol–water partition coefficient (Wildman–Crippen LogP) is 1.64. The van der Waals surface area contributed by atoms with E-state index < -0.39 is 0 Å². The first-order valence-electron chi connectivity index (χ1n) is 6.35. The van der Waals surface area contributed by atoms with Crippen LogP contribution in [0.4, 0.5) is 5.13 Å². The summed E-state index contributed by atoms with van der Waals surface area (Å²) in [5, 5.41) is 13.3. The van der Waals surface area contributed by atoms with Crippen molar-refractivity contribution in [2.24, 2.45) is 5.92 Å². The van der Waals surface area contributed by atoms with Gasteiger partial charge in [-0.3, -0.25) is 4.79 Å². The topological polar surface area (TPSA) is 65.5 Å². The summed E-state index contributed by atoms with van der Waals surface area (Å²) in [6.45, 7) is 4.07. The van der Waals surface area contributed by atoms with Crippen LogP contribution in [0.5, 0.6) is 0 Å². The molecule has 0 radical (unpaired) electrons. The average molecular weight is 304 g/mol. The van der Waals surface area contributed by atoms with E-state index in [2.05, 4.69) is 15.2 Å². The third-order valence-electron chi connectivity index (χ3n) is 3.31. The maximum atomic E-state index is 10.9. The maximum absolute atomic E-state index is 10.9. The Bertz CT molecular complexity index is 444. The molecule has 106 valence electrons. The number of hydrogen-bond acceptors (Lipinski definition) is 5. The van der Waals surface area contributed by atoms with E-state index in [4.69, 9.17) is 16.7 Å². The second-order valence-electron chi connectivity index (χ2n) is 4.74. The van der Waals surface area contributed by atoms with Gasteiger partial charge in [-0.15, -0.1) is 0 Å². The molecule has 0 bridgehead atoms. The lowest BCUT2D eigenvalue weighted by molar-refractivity contribution is -0.119. The van der Waals surface area contributed by atoms with Crippen LogP contribution < -0.4 is 10.2 Å². The predicted molar refractivity (Wildman–Crippen MR) is 76.7 cm³/mol. The first kappa shape index (κ1) is 14.6. The summed E-state index contributed by atoms with van der Waals surface area (Å²) in [6, 6.07) is 0. The monoisotopic (exact) mass is 303 g/mol. The normalized spacial score (nSPS) is 16.7. The number of aliphatic hydroxyl groups excluding tert-OH is 1. The smallest absolute Gasteiger partial charge is 0.216 e. The first-order chi connectivity index (χ1) is 9.10. The van der Waals surface area contributed by atoms with Crippen molar-refractivity contribution in [3.63, 3.8) is 0 Å². The van der Waals surface area contributed by atoms with E-state index in [1.807, 2.05) is 0 Å². The van der Waals surface area contributed by atoms with Gasteiger partial charge < -0.3 is 15.3 Å². The Labute approximate surface area is 121 Å². The van der Waals surface area contributed by atoms with Gasteiger partial charge >= 0.3 is 0 Å². The van der Waals surface area contributed by atoms with Crippen molar-refractivity contribution in [2.45, 2.75) is 26.4 Å². The Hall–Kier alpha value is -0.850. The fourth-order valence-corrected chi connectivity index (χ4v) is 3.34. The number of rotatable bonds is 4. The maximum Gasteiger partial charge on any atom is 0.216 e. The largest absolute Gasteiger partial charge is 0.391 e. The van der Waals surface area contributed by atoms with Crippen LogP contribution in [0.15, 0.2) is 0 Å². The fourth-order valence-electron chi connectivity index (χ4n) is 2.17. The summed E-state index contributed by atoms with van der Waals surface area (Å²) in [7, 11) is 0. The SMILES string of the molecule is CC(=O)NCC1CCN(c2nc(Cl)c(CO)s2)CC1. The molecule has 1 aliphatic heterocycles. The number of halogens is 1. The minimum atomic E-state index is -0.0600. The number of carbonyl (C=O) groups is 1. The minimum Gasteiger partial charge on any atom is -0.391 e. The van der Waals surface area contributed by atoms with Crippen molar-refractivity contribution in [2.75, 3.05) is 24.5 Å². The zero-order valence-electron chi connectivity index (χ0n) is 10.9. The molecule has 0 spiro atoms. The molecule has 2 rings (SSSR count). The van der Waals surface area contributed by atoms with Crippen molar-refractivity contribution in [1.29, 1.82) is 0 Å². The molecule has 5 nitrogen and oxygen atoms in total. The van der Waals surface area contributed by atoms with Crippen LogP contribution in [0.2, 0.25) is 5.15 Å². The van der Waals surface area contributed by atoms with E-state index in [0.717, 1.165) is 42.5 Å². The summed E-state index contributed by atoms with van der Waals surface area (Å²) in [6.07, 6.45) is 2.07. The van der Waals surface area contributed by atoms with Crippen molar-refractivity contribution < 1.29 is 9.90 Å². The number of amides is 1. The molecule has 1 aliphatic rings. The number of aliphatic hydroxyl groups is 1. The number of piperidine rings is 1. The van der Waals surface area contributed by atoms with Crippen molar-refractivity contribution in [1.82, 2.24) is 10.3 Å². The van der Waals surface area contributed by atoms with Gasteiger partial charge in [0.05, 0.1) is 11.5 Å². The second kappa shape index (κ2) is 6.54. The molecule has 0 saturated carbocycles. The Kier molecular flexibility index (Phi) is 5.01. The van der Waals surface area contributed by atoms with Crippen LogP contribution in [0, 0.1) is 5.92 Å². The van der Waals surface area contributed by atoms with Gasteiger partial charge in [0.25, 0.3) is 0 Å². The summed E-state index contributed by atoms with van der Waals surface area (Å²) in [5.74, 6) is 0.564. The quantitative estimate of drug-likeness (QED) is 0.887. The lowest BCUT2D eigenvalue weighted by Crippen LogP contribution is -2.38. The van der Waals surface area contributed by atoms with Crippen LogP contribution in [-0.4, -0.2) is 35.6 Å². The van der Waals surface area contributed by atoms with E-state index in [0.29, 0.717) is 11.1 Å². The summed E-state index contributed by atoms with van der Waals surface area (Å²) in [4.78, 5) is 18.1. The van der Waals surface area contributed by atoms with Crippen LogP contribution in [0.3, 0.4) is 0 Å². The molecule has 19 heavy (non-hydrogen) atoms. The highest BCUT2D eigenvalue weighted by Gasteiger charge is 2.22. The van der Waals surface area contributed by atoms with Crippen molar-refractivity contribution >= 4 is 34.0 Å². The first-order valence-corrected chi connectivity index (χ1v) is 7.55. The molecule has 1 aromatic rings. The molecule has 1 amide bonds. The molecule has 2 heterocycles. The zero-order valence-corrected chi connectivity index (χ0v) is 12.4. The van der Waals surface area contributed by atoms with E-state index in [-0.39, 0.29) is 12.5 Å². The van der Waals surface area contributed by atoms with Gasteiger partial charge in [0.1, 0.15) is 5.15 Å². The van der Waals surface area contributed by atoms with Gasteiger partial charge in [-0.1, -0.05) is 22.9 Å². The Morgan fingerprint density at radius 3 is 2.79 bits per heavy atom. The van der Waals surface area contributed by atoms with E-state index in [1.165, 1.54) is 11.3 Å². The van der Waals surface area contributed by atoms with Gasteiger partial charge in [-0.2, -0.15) is 0 Å². The van der Waals surface area contributed by atoms with E-state index in [1.54, 1.807) is 6.92 Å². The molecule has 0 unspecified atom stereocenters. The molecule has 0 atom stereocenters. The highest BCUT2D eigenvalue weighted by atomic mass is 35.5. The van der Waals surface area contributed by atoms with Crippen LogP contribution >= 0.6 is 22.9 Å². The molecule has 2 N–H and O–H groups in total. The number of aromatic nitrogens is 1. The number of nitrogens with zero attached hydrogens (tertiary/aromatic N) is 2.